The Kier molecular flexibility index (Phi) is 4.31. The molecule has 0 N–H and O–H groups in total. The molecule has 2 heteroatoms. The van der Waals surface area contributed by atoms with Gasteiger partial charge in [0, 0.05) is 5.75 Å². The van der Waals surface area contributed by atoms with E-state index in [0.29, 0.717) is 6.10 Å². The summed E-state index contributed by atoms with van der Waals surface area (Å²) >= 11 is 4.11. The molecule has 0 aliphatic heterocycles. The second-order valence-corrected chi connectivity index (χ2v) is 3.92. The molecule has 0 unspecified atom stereocenters. The Morgan fingerprint density at radius 2 is 1.91 bits per heavy atom. The van der Waals surface area contributed by atoms with E-state index in [4.69, 9.17) is 4.74 Å². The fourth-order valence-corrected chi connectivity index (χ4v) is 1.72. The third-order valence-electron chi connectivity index (χ3n) is 2.41. The van der Waals surface area contributed by atoms with Gasteiger partial charge in [0.1, 0.15) is 0 Å². The summed E-state index contributed by atoms with van der Waals surface area (Å²) in [4.78, 5) is 0. The zero-order valence-corrected chi connectivity index (χ0v) is 8.15. The molecule has 0 aromatic heterocycles. The van der Waals surface area contributed by atoms with Crippen LogP contribution in [-0.4, -0.2) is 18.5 Å². The van der Waals surface area contributed by atoms with Crippen LogP contribution in [0.3, 0.4) is 0 Å². The Hall–Kier alpha value is 0.310. The molecule has 0 amide bonds. The highest BCUT2D eigenvalue weighted by molar-refractivity contribution is 7.80. The lowest BCUT2D eigenvalue weighted by Gasteiger charge is -2.25. The minimum atomic E-state index is 0.540. The highest BCUT2D eigenvalue weighted by Crippen LogP contribution is 2.25. The molecule has 0 saturated heterocycles. The van der Waals surface area contributed by atoms with Gasteiger partial charge in [-0.1, -0.05) is 6.92 Å². The summed E-state index contributed by atoms with van der Waals surface area (Å²) in [6, 6.07) is 0. The number of hydrogen-bond acceptors (Lipinski definition) is 2. The van der Waals surface area contributed by atoms with Crippen molar-refractivity contribution in [1.29, 1.82) is 0 Å². The average molecular weight is 174 g/mol. The van der Waals surface area contributed by atoms with E-state index in [9.17, 15) is 0 Å². The van der Waals surface area contributed by atoms with E-state index in [1.165, 1.54) is 25.7 Å². The molecule has 1 fully saturated rings. The van der Waals surface area contributed by atoms with Crippen molar-refractivity contribution in [3.63, 3.8) is 0 Å². The SMILES string of the molecule is CC1CCC(OCCS)CC1. The fraction of sp³-hybridized carbons (Fsp3) is 1.00. The van der Waals surface area contributed by atoms with Crippen LogP contribution in [0, 0.1) is 5.92 Å². The average Bonchev–Trinajstić information content (AvgIpc) is 2.04. The van der Waals surface area contributed by atoms with Crippen molar-refractivity contribution < 1.29 is 4.74 Å². The van der Waals surface area contributed by atoms with Crippen LogP contribution in [0.15, 0.2) is 0 Å². The number of hydrogen-bond donors (Lipinski definition) is 1. The monoisotopic (exact) mass is 174 g/mol. The van der Waals surface area contributed by atoms with Crippen molar-refractivity contribution in [2.24, 2.45) is 5.92 Å². The zero-order valence-electron chi connectivity index (χ0n) is 7.25. The highest BCUT2D eigenvalue weighted by atomic mass is 32.1. The molecule has 1 rings (SSSR count). The van der Waals surface area contributed by atoms with Crippen molar-refractivity contribution in [3.8, 4) is 0 Å². The first kappa shape index (κ1) is 9.40. The van der Waals surface area contributed by atoms with Crippen LogP contribution in [0.2, 0.25) is 0 Å². The lowest BCUT2D eigenvalue weighted by Crippen LogP contribution is -2.21. The molecule has 66 valence electrons. The molecule has 0 spiro atoms. The van der Waals surface area contributed by atoms with Crippen LogP contribution in [-0.2, 0) is 4.74 Å². The van der Waals surface area contributed by atoms with Crippen LogP contribution < -0.4 is 0 Å². The van der Waals surface area contributed by atoms with Gasteiger partial charge < -0.3 is 4.74 Å². The van der Waals surface area contributed by atoms with E-state index in [1.54, 1.807) is 0 Å². The lowest BCUT2D eigenvalue weighted by atomic mass is 9.89. The quantitative estimate of drug-likeness (QED) is 0.647. The molecule has 1 aliphatic rings. The molecule has 1 aliphatic carbocycles. The van der Waals surface area contributed by atoms with Crippen LogP contribution in [0.25, 0.3) is 0 Å². The molecule has 0 heterocycles. The molecule has 0 atom stereocenters. The van der Waals surface area contributed by atoms with E-state index in [2.05, 4.69) is 19.6 Å². The summed E-state index contributed by atoms with van der Waals surface area (Å²) in [5.41, 5.74) is 0. The predicted molar refractivity (Wildman–Crippen MR) is 51.2 cm³/mol. The first-order valence-corrected chi connectivity index (χ1v) is 5.18. The number of thiol groups is 1. The first-order chi connectivity index (χ1) is 5.33. The largest absolute Gasteiger partial charge is 0.377 e. The van der Waals surface area contributed by atoms with Crippen LogP contribution in [0.1, 0.15) is 32.6 Å². The van der Waals surface area contributed by atoms with Gasteiger partial charge in [-0.2, -0.15) is 12.6 Å². The van der Waals surface area contributed by atoms with Gasteiger partial charge in [0.15, 0.2) is 0 Å². The van der Waals surface area contributed by atoms with Crippen LogP contribution >= 0.6 is 12.6 Å². The highest BCUT2D eigenvalue weighted by Gasteiger charge is 2.17. The molecule has 1 saturated carbocycles. The Morgan fingerprint density at radius 1 is 1.27 bits per heavy atom. The topological polar surface area (TPSA) is 9.23 Å². The minimum absolute atomic E-state index is 0.540. The summed E-state index contributed by atoms with van der Waals surface area (Å²) in [6.07, 6.45) is 5.75. The maximum atomic E-state index is 5.60. The zero-order chi connectivity index (χ0) is 8.10. The Bertz CT molecular complexity index is 95.0. The smallest absolute Gasteiger partial charge is 0.0575 e. The normalized spacial score (nSPS) is 32.2. The van der Waals surface area contributed by atoms with Gasteiger partial charge in [-0.05, 0) is 31.6 Å². The Morgan fingerprint density at radius 3 is 2.45 bits per heavy atom. The number of rotatable bonds is 3. The maximum Gasteiger partial charge on any atom is 0.0575 e. The molecule has 0 aromatic carbocycles. The molecular formula is C9H18OS. The van der Waals surface area contributed by atoms with Crippen LogP contribution in [0.4, 0.5) is 0 Å². The van der Waals surface area contributed by atoms with Crippen molar-refractivity contribution in [3.05, 3.63) is 0 Å². The van der Waals surface area contributed by atoms with Gasteiger partial charge in [-0.3, -0.25) is 0 Å². The van der Waals surface area contributed by atoms with Crippen molar-refractivity contribution in [2.75, 3.05) is 12.4 Å². The Labute approximate surface area is 74.9 Å². The summed E-state index contributed by atoms with van der Waals surface area (Å²) in [5.74, 6) is 1.78. The lowest BCUT2D eigenvalue weighted by molar-refractivity contribution is 0.0293. The van der Waals surface area contributed by atoms with Crippen molar-refractivity contribution in [1.82, 2.24) is 0 Å². The van der Waals surface area contributed by atoms with Gasteiger partial charge in [0.2, 0.25) is 0 Å². The fourth-order valence-electron chi connectivity index (χ4n) is 1.62. The maximum absolute atomic E-state index is 5.60. The predicted octanol–water partition coefficient (Wildman–Crippen LogP) is 2.51. The molecular weight excluding hydrogens is 156 g/mol. The molecule has 0 aromatic rings. The summed E-state index contributed by atoms with van der Waals surface area (Å²) in [6.45, 7) is 3.15. The minimum Gasteiger partial charge on any atom is -0.377 e. The van der Waals surface area contributed by atoms with E-state index in [1.807, 2.05) is 0 Å². The second kappa shape index (κ2) is 5.04. The van der Waals surface area contributed by atoms with Gasteiger partial charge in [0.25, 0.3) is 0 Å². The van der Waals surface area contributed by atoms with Gasteiger partial charge >= 0.3 is 0 Å². The van der Waals surface area contributed by atoms with Crippen molar-refractivity contribution >= 4 is 12.6 Å². The van der Waals surface area contributed by atoms with E-state index in [0.717, 1.165) is 18.3 Å². The van der Waals surface area contributed by atoms with Gasteiger partial charge in [-0.15, -0.1) is 0 Å². The van der Waals surface area contributed by atoms with Gasteiger partial charge in [-0.25, -0.2) is 0 Å². The Balaban J connectivity index is 2.07. The second-order valence-electron chi connectivity index (χ2n) is 3.48. The molecule has 1 nitrogen and oxygen atoms in total. The van der Waals surface area contributed by atoms with E-state index >= 15 is 0 Å². The van der Waals surface area contributed by atoms with Crippen LogP contribution in [0.5, 0.6) is 0 Å². The summed E-state index contributed by atoms with van der Waals surface area (Å²) < 4.78 is 5.60. The third-order valence-corrected chi connectivity index (χ3v) is 2.59. The van der Waals surface area contributed by atoms with E-state index in [-0.39, 0.29) is 0 Å². The van der Waals surface area contributed by atoms with Gasteiger partial charge in [0.05, 0.1) is 12.7 Å². The standard InChI is InChI=1S/C9H18OS/c1-8-2-4-9(5-3-8)10-6-7-11/h8-9,11H,2-7H2,1H3. The molecule has 0 bridgehead atoms. The molecule has 0 radical (unpaired) electrons. The van der Waals surface area contributed by atoms with E-state index < -0.39 is 0 Å². The first-order valence-electron chi connectivity index (χ1n) is 4.55. The molecule has 11 heavy (non-hydrogen) atoms. The summed E-state index contributed by atoms with van der Waals surface area (Å²) in [5, 5.41) is 0. The third kappa shape index (κ3) is 3.48. The summed E-state index contributed by atoms with van der Waals surface area (Å²) in [7, 11) is 0. The number of ether oxygens (including phenoxy) is 1. The van der Waals surface area contributed by atoms with Crippen molar-refractivity contribution in [2.45, 2.75) is 38.7 Å².